The van der Waals surface area contributed by atoms with Crippen molar-refractivity contribution in [3.63, 3.8) is 0 Å². The van der Waals surface area contributed by atoms with Crippen LogP contribution in [0.3, 0.4) is 0 Å². The molecule has 182 valence electrons. The fraction of sp³-hybridized carbons (Fsp3) is 0.136. The number of nitrogens with one attached hydrogen (secondary N) is 1. The van der Waals surface area contributed by atoms with E-state index in [-0.39, 0.29) is 39.5 Å². The van der Waals surface area contributed by atoms with Crippen LogP contribution in [0.15, 0.2) is 42.6 Å². The number of amides is 1. The SMILES string of the molecule is [2H]C([2H])([2H])c1nc(-c2ccc(NC(=O)[C@H](O)c3cc(F)cc(C(F)(F)F)c3)cc2F)c2c(N)ncc(Cl)n12. The van der Waals surface area contributed by atoms with E-state index >= 15 is 4.39 Å². The number of anilines is 2. The summed E-state index contributed by atoms with van der Waals surface area (Å²) in [5.41, 5.74) is 3.04. The average Bonchev–Trinajstić information content (AvgIpc) is 3.22. The molecule has 4 aromatic rings. The highest BCUT2D eigenvalue weighted by atomic mass is 35.5. The van der Waals surface area contributed by atoms with E-state index in [2.05, 4.69) is 15.3 Å². The maximum absolute atomic E-state index is 15.1. The zero-order chi connectivity index (χ0) is 28.2. The van der Waals surface area contributed by atoms with E-state index in [1.807, 2.05) is 0 Å². The molecule has 35 heavy (non-hydrogen) atoms. The summed E-state index contributed by atoms with van der Waals surface area (Å²) in [6.07, 6.45) is -6.05. The maximum atomic E-state index is 15.1. The number of nitrogen functional groups attached to an aromatic ring is 1. The van der Waals surface area contributed by atoms with Crippen molar-refractivity contribution in [2.75, 3.05) is 11.1 Å². The van der Waals surface area contributed by atoms with Gasteiger partial charge < -0.3 is 16.2 Å². The van der Waals surface area contributed by atoms with E-state index in [1.165, 1.54) is 0 Å². The summed E-state index contributed by atoms with van der Waals surface area (Å²) >= 11 is 6.09. The Labute approximate surface area is 203 Å². The molecule has 0 saturated heterocycles. The highest BCUT2D eigenvalue weighted by Crippen LogP contribution is 2.34. The maximum Gasteiger partial charge on any atom is 0.416 e. The molecule has 2 aromatic heterocycles. The number of aryl methyl sites for hydroxylation is 1. The van der Waals surface area contributed by atoms with Crippen LogP contribution < -0.4 is 11.1 Å². The molecule has 0 bridgehead atoms. The van der Waals surface area contributed by atoms with Crippen LogP contribution in [-0.4, -0.2) is 25.4 Å². The molecular weight excluding hydrogens is 497 g/mol. The van der Waals surface area contributed by atoms with Gasteiger partial charge in [-0.2, -0.15) is 13.2 Å². The van der Waals surface area contributed by atoms with Crippen LogP contribution in [0.2, 0.25) is 5.15 Å². The Morgan fingerprint density at radius 2 is 2.00 bits per heavy atom. The van der Waals surface area contributed by atoms with Crippen molar-refractivity contribution in [1.29, 1.82) is 0 Å². The lowest BCUT2D eigenvalue weighted by Gasteiger charge is -2.15. The van der Waals surface area contributed by atoms with Crippen LogP contribution >= 0.6 is 11.6 Å². The Balaban J connectivity index is 1.68. The number of nitrogens with zero attached hydrogens (tertiary/aromatic N) is 3. The normalized spacial score (nSPS) is 14.3. The number of aliphatic hydroxyl groups excluding tert-OH is 1. The van der Waals surface area contributed by atoms with Crippen molar-refractivity contribution in [2.45, 2.75) is 19.1 Å². The zero-order valence-electron chi connectivity index (χ0n) is 20.2. The third-order valence-corrected chi connectivity index (χ3v) is 5.21. The molecule has 2 heterocycles. The van der Waals surface area contributed by atoms with Gasteiger partial charge in [-0.25, -0.2) is 18.7 Å². The number of alkyl halides is 3. The van der Waals surface area contributed by atoms with Gasteiger partial charge in [-0.3, -0.25) is 9.20 Å². The zero-order valence-corrected chi connectivity index (χ0v) is 17.9. The third kappa shape index (κ3) is 4.62. The van der Waals surface area contributed by atoms with E-state index in [4.69, 9.17) is 21.4 Å². The van der Waals surface area contributed by atoms with Crippen molar-refractivity contribution in [3.8, 4) is 11.3 Å². The number of carbonyl (C=O) groups excluding carboxylic acids is 1. The minimum Gasteiger partial charge on any atom is -0.382 e. The number of aromatic nitrogens is 3. The van der Waals surface area contributed by atoms with Gasteiger partial charge in [-0.15, -0.1) is 0 Å². The van der Waals surface area contributed by atoms with Crippen LogP contribution in [0.25, 0.3) is 16.8 Å². The molecule has 0 spiro atoms. The van der Waals surface area contributed by atoms with Gasteiger partial charge in [-0.05, 0) is 48.8 Å². The minimum absolute atomic E-state index is 0.0821. The number of aliphatic hydroxyl groups is 1. The Morgan fingerprint density at radius 3 is 2.66 bits per heavy atom. The number of carbonyl (C=O) groups is 1. The van der Waals surface area contributed by atoms with Gasteiger partial charge in [0, 0.05) is 15.4 Å². The highest BCUT2D eigenvalue weighted by Gasteiger charge is 2.32. The van der Waals surface area contributed by atoms with Gasteiger partial charge in [0.05, 0.1) is 11.8 Å². The number of halogens is 6. The van der Waals surface area contributed by atoms with Crippen LogP contribution in [0, 0.1) is 18.5 Å². The first-order chi connectivity index (χ1) is 17.6. The van der Waals surface area contributed by atoms with Gasteiger partial charge in [-0.1, -0.05) is 11.6 Å². The fourth-order valence-electron chi connectivity index (χ4n) is 3.37. The topological polar surface area (TPSA) is 106 Å². The molecule has 1 amide bonds. The summed E-state index contributed by atoms with van der Waals surface area (Å²) in [4.78, 5) is 20.3. The van der Waals surface area contributed by atoms with Gasteiger partial charge in [0.25, 0.3) is 5.91 Å². The third-order valence-electron chi connectivity index (χ3n) is 4.95. The summed E-state index contributed by atoms with van der Waals surface area (Å²) in [5.74, 6) is -4.31. The van der Waals surface area contributed by atoms with E-state index in [0.717, 1.165) is 28.8 Å². The van der Waals surface area contributed by atoms with Crippen LogP contribution in [0.1, 0.15) is 27.2 Å². The van der Waals surface area contributed by atoms with E-state index in [0.29, 0.717) is 12.1 Å². The molecule has 0 aliphatic carbocycles. The molecule has 2 aromatic carbocycles. The number of rotatable bonds is 4. The lowest BCUT2D eigenvalue weighted by Crippen LogP contribution is -2.21. The lowest BCUT2D eigenvalue weighted by atomic mass is 10.0. The molecule has 1 atom stereocenters. The second-order valence-corrected chi connectivity index (χ2v) is 7.68. The fourth-order valence-corrected chi connectivity index (χ4v) is 3.59. The number of benzene rings is 2. The molecule has 0 unspecified atom stereocenters. The Morgan fingerprint density at radius 1 is 1.26 bits per heavy atom. The summed E-state index contributed by atoms with van der Waals surface area (Å²) < 4.78 is 91.8. The van der Waals surface area contributed by atoms with Crippen LogP contribution in [0.5, 0.6) is 0 Å². The molecule has 4 N–H and O–H groups in total. The van der Waals surface area contributed by atoms with Crippen molar-refractivity contribution in [3.05, 3.63) is 76.3 Å². The number of imidazole rings is 1. The van der Waals surface area contributed by atoms with Crippen molar-refractivity contribution in [1.82, 2.24) is 14.4 Å². The first kappa shape index (κ1) is 20.6. The van der Waals surface area contributed by atoms with Gasteiger partial charge in [0.1, 0.15) is 39.6 Å². The van der Waals surface area contributed by atoms with Gasteiger partial charge in [0.2, 0.25) is 0 Å². The quantitative estimate of drug-likeness (QED) is 0.336. The molecule has 13 heteroatoms. The predicted octanol–water partition coefficient (Wildman–Crippen LogP) is 4.91. The standard InChI is InChI=1S/C22H15ClF5N5O2/c1-9-31-17(18-20(29)30-8-16(23)33(9)18)14-3-2-13(7-15(14)25)32-21(35)19(34)10-4-11(22(26,27)28)6-12(24)5-10/h2-8,19,34H,1H3,(H2,29,30)(H,32,35)/t19-/m1/s1/i1D3. The molecule has 7 nitrogen and oxygen atoms in total. The molecule has 0 aliphatic rings. The molecule has 0 aliphatic heterocycles. The summed E-state index contributed by atoms with van der Waals surface area (Å²) in [7, 11) is 0. The number of hydrogen-bond donors (Lipinski definition) is 3. The molecular formula is C22H15ClF5N5O2. The second-order valence-electron chi connectivity index (χ2n) is 7.29. The number of hydrogen-bond acceptors (Lipinski definition) is 5. The second kappa shape index (κ2) is 8.78. The smallest absolute Gasteiger partial charge is 0.382 e. The Bertz CT molecular complexity index is 1580. The van der Waals surface area contributed by atoms with Crippen molar-refractivity contribution in [2.24, 2.45) is 0 Å². The van der Waals surface area contributed by atoms with Gasteiger partial charge in [0.15, 0.2) is 6.10 Å². The Kier molecular flexibility index (Phi) is 5.17. The van der Waals surface area contributed by atoms with Gasteiger partial charge >= 0.3 is 6.18 Å². The molecule has 4 rings (SSSR count). The monoisotopic (exact) mass is 514 g/mol. The molecule has 0 radical (unpaired) electrons. The first-order valence-electron chi connectivity index (χ1n) is 11.1. The Hall–Kier alpha value is -3.77. The molecule has 0 fully saturated rings. The lowest BCUT2D eigenvalue weighted by molar-refractivity contribution is -0.138. The van der Waals surface area contributed by atoms with E-state index < -0.39 is 53.6 Å². The largest absolute Gasteiger partial charge is 0.416 e. The van der Waals surface area contributed by atoms with Crippen LogP contribution in [0.4, 0.5) is 33.5 Å². The van der Waals surface area contributed by atoms with Crippen molar-refractivity contribution < 1.29 is 36.0 Å². The summed E-state index contributed by atoms with van der Waals surface area (Å²) in [6, 6.07) is 4.24. The summed E-state index contributed by atoms with van der Waals surface area (Å²) in [6.45, 7) is -2.76. The van der Waals surface area contributed by atoms with E-state index in [9.17, 15) is 27.5 Å². The molecule has 0 saturated carbocycles. The predicted molar refractivity (Wildman–Crippen MR) is 118 cm³/mol. The van der Waals surface area contributed by atoms with E-state index in [1.54, 1.807) is 0 Å². The summed E-state index contributed by atoms with van der Waals surface area (Å²) in [5, 5.41) is 12.2. The minimum atomic E-state index is -4.92. The van der Waals surface area contributed by atoms with Crippen molar-refractivity contribution >= 4 is 34.5 Å². The highest BCUT2D eigenvalue weighted by molar-refractivity contribution is 6.29. The number of nitrogens with two attached hydrogens (primary N) is 1. The number of fused-ring (bicyclic) bond motifs is 1. The first-order valence-corrected chi connectivity index (χ1v) is 9.95. The van der Waals surface area contributed by atoms with Crippen LogP contribution in [-0.2, 0) is 11.0 Å². The average molecular weight is 515 g/mol.